The fraction of sp³-hybridized carbons (Fsp3) is 0.400. The molecule has 7 heteroatoms. The van der Waals surface area contributed by atoms with Crippen LogP contribution in [0.3, 0.4) is 0 Å². The van der Waals surface area contributed by atoms with E-state index in [1.165, 1.54) is 13.8 Å². The molecule has 0 amide bonds. The molecule has 2 rings (SSSR count). The van der Waals surface area contributed by atoms with Crippen molar-refractivity contribution in [2.75, 3.05) is 0 Å². The molecule has 1 aromatic carbocycles. The number of nitrogens with zero attached hydrogens (tertiary/aromatic N) is 1. The highest BCUT2D eigenvalue weighted by atomic mass is 35.5. The van der Waals surface area contributed by atoms with Crippen molar-refractivity contribution in [3.63, 3.8) is 0 Å². The van der Waals surface area contributed by atoms with Crippen LogP contribution in [0.2, 0.25) is 5.02 Å². The molecule has 0 radical (unpaired) electrons. The second-order valence-electron chi connectivity index (χ2n) is 5.33. The van der Waals surface area contributed by atoms with E-state index in [9.17, 15) is 14.4 Å². The number of hydrogen-bond acceptors (Lipinski definition) is 6. The lowest BCUT2D eigenvalue weighted by Crippen LogP contribution is -2.55. The van der Waals surface area contributed by atoms with Crippen molar-refractivity contribution in [3.8, 4) is 0 Å². The Labute approximate surface area is 132 Å². The van der Waals surface area contributed by atoms with Crippen molar-refractivity contribution < 1.29 is 24.1 Å². The molecular formula is C15H16ClNO5. The monoisotopic (exact) mass is 325 g/mol. The van der Waals surface area contributed by atoms with Crippen LogP contribution in [-0.4, -0.2) is 28.5 Å². The lowest BCUT2D eigenvalue weighted by molar-refractivity contribution is -0.355. The molecular weight excluding hydrogens is 310 g/mol. The normalized spacial score (nSPS) is 20.5. The molecule has 1 unspecified atom stereocenters. The predicted octanol–water partition coefficient (Wildman–Crippen LogP) is 2.49. The highest BCUT2D eigenvalue weighted by molar-refractivity contribution is 6.30. The Morgan fingerprint density at radius 1 is 1.23 bits per heavy atom. The van der Waals surface area contributed by atoms with Gasteiger partial charge in [0.15, 0.2) is 11.3 Å². The van der Waals surface area contributed by atoms with Gasteiger partial charge in [-0.2, -0.15) is 0 Å². The summed E-state index contributed by atoms with van der Waals surface area (Å²) >= 11 is 5.94. The number of carbonyl (C=O) groups excluding carboxylic acids is 3. The number of benzene rings is 1. The average molecular weight is 326 g/mol. The number of hydroxylamine groups is 2. The zero-order valence-electron chi connectivity index (χ0n) is 12.5. The standard InChI is InChI=1S/C15H16ClNO5/c1-9(18)21-17(22-10(2)19)15(3)7-6-11-8-12(16)4-5-13(11)14(15)20/h4-5,8H,6-7H2,1-3H3. The van der Waals surface area contributed by atoms with E-state index in [0.29, 0.717) is 28.7 Å². The minimum absolute atomic E-state index is 0.298. The van der Waals surface area contributed by atoms with Crippen molar-refractivity contribution in [2.45, 2.75) is 39.2 Å². The van der Waals surface area contributed by atoms with Gasteiger partial charge in [-0.15, -0.1) is 0 Å². The van der Waals surface area contributed by atoms with Crippen LogP contribution in [0.25, 0.3) is 0 Å². The minimum Gasteiger partial charge on any atom is -0.332 e. The smallest absolute Gasteiger partial charge is 0.326 e. The van der Waals surface area contributed by atoms with Crippen molar-refractivity contribution >= 4 is 29.3 Å². The molecule has 0 spiro atoms. The molecule has 0 aliphatic heterocycles. The Morgan fingerprint density at radius 2 is 1.82 bits per heavy atom. The summed E-state index contributed by atoms with van der Waals surface area (Å²) in [4.78, 5) is 45.1. The molecule has 0 fully saturated rings. The van der Waals surface area contributed by atoms with E-state index in [4.69, 9.17) is 21.3 Å². The Morgan fingerprint density at radius 3 is 2.36 bits per heavy atom. The lowest BCUT2D eigenvalue weighted by Gasteiger charge is -2.38. The van der Waals surface area contributed by atoms with E-state index in [-0.39, 0.29) is 5.78 Å². The highest BCUT2D eigenvalue weighted by Crippen LogP contribution is 2.34. The number of aryl methyl sites for hydroxylation is 1. The molecule has 1 aliphatic carbocycles. The van der Waals surface area contributed by atoms with E-state index in [2.05, 4.69) is 0 Å². The Balaban J connectivity index is 2.39. The topological polar surface area (TPSA) is 72.9 Å². The number of carbonyl (C=O) groups is 3. The summed E-state index contributed by atoms with van der Waals surface area (Å²) in [5.74, 6) is -1.66. The van der Waals surface area contributed by atoms with Gasteiger partial charge < -0.3 is 9.68 Å². The third kappa shape index (κ3) is 3.13. The van der Waals surface area contributed by atoms with Crippen LogP contribution in [0.1, 0.15) is 43.1 Å². The zero-order valence-corrected chi connectivity index (χ0v) is 13.3. The third-order valence-corrected chi connectivity index (χ3v) is 3.74. The summed E-state index contributed by atoms with van der Waals surface area (Å²) in [6.45, 7) is 3.90. The second kappa shape index (κ2) is 6.06. The van der Waals surface area contributed by atoms with Gasteiger partial charge in [-0.05, 0) is 43.5 Å². The van der Waals surface area contributed by atoms with Crippen LogP contribution in [0.5, 0.6) is 0 Å². The molecule has 1 aliphatic rings. The first-order chi connectivity index (χ1) is 10.2. The second-order valence-corrected chi connectivity index (χ2v) is 5.76. The summed E-state index contributed by atoms with van der Waals surface area (Å²) in [6, 6.07) is 4.97. The van der Waals surface area contributed by atoms with Crippen molar-refractivity contribution in [2.24, 2.45) is 0 Å². The molecule has 0 N–H and O–H groups in total. The van der Waals surface area contributed by atoms with Crippen LogP contribution in [0.4, 0.5) is 0 Å². The zero-order chi connectivity index (χ0) is 16.5. The van der Waals surface area contributed by atoms with Crippen LogP contribution in [0, 0.1) is 0 Å². The largest absolute Gasteiger partial charge is 0.332 e. The summed E-state index contributed by atoms with van der Waals surface area (Å²) in [6.07, 6.45) is 0.858. The van der Waals surface area contributed by atoms with Gasteiger partial charge in [-0.1, -0.05) is 11.6 Å². The highest BCUT2D eigenvalue weighted by Gasteiger charge is 2.48. The van der Waals surface area contributed by atoms with E-state index < -0.39 is 17.5 Å². The Hall–Kier alpha value is -1.92. The molecule has 1 aromatic rings. The first-order valence-electron chi connectivity index (χ1n) is 6.74. The molecule has 6 nitrogen and oxygen atoms in total. The quantitative estimate of drug-likeness (QED) is 0.795. The molecule has 0 aromatic heterocycles. The van der Waals surface area contributed by atoms with Gasteiger partial charge in [-0.3, -0.25) is 14.4 Å². The maximum Gasteiger partial charge on any atom is 0.326 e. The number of rotatable bonds is 3. The fourth-order valence-corrected chi connectivity index (χ4v) is 2.59. The molecule has 1 atom stereocenters. The summed E-state index contributed by atoms with van der Waals surface area (Å²) < 4.78 is 0. The number of fused-ring (bicyclic) bond motifs is 1. The molecule has 0 bridgehead atoms. The summed E-state index contributed by atoms with van der Waals surface area (Å²) in [5.41, 5.74) is 0.0149. The van der Waals surface area contributed by atoms with Gasteiger partial charge in [0.25, 0.3) is 0 Å². The molecule has 118 valence electrons. The van der Waals surface area contributed by atoms with E-state index in [0.717, 1.165) is 5.56 Å². The van der Waals surface area contributed by atoms with Gasteiger partial charge in [0, 0.05) is 29.7 Å². The van der Waals surface area contributed by atoms with Gasteiger partial charge in [0.2, 0.25) is 0 Å². The maximum absolute atomic E-state index is 12.8. The summed E-state index contributed by atoms with van der Waals surface area (Å²) in [5, 5.41) is 1.25. The number of hydrogen-bond donors (Lipinski definition) is 0. The first kappa shape index (κ1) is 16.5. The van der Waals surface area contributed by atoms with Gasteiger partial charge in [0.05, 0.1) is 0 Å². The van der Waals surface area contributed by atoms with Crippen molar-refractivity contribution in [1.29, 1.82) is 0 Å². The Kier molecular flexibility index (Phi) is 4.53. The number of ketones is 1. The average Bonchev–Trinajstić information content (AvgIpc) is 2.41. The van der Waals surface area contributed by atoms with Crippen LogP contribution in [-0.2, 0) is 25.7 Å². The molecule has 0 saturated heterocycles. The van der Waals surface area contributed by atoms with Crippen LogP contribution < -0.4 is 0 Å². The SMILES string of the molecule is CC(=O)ON(OC(C)=O)C1(C)CCc2cc(Cl)ccc2C1=O. The Bertz CT molecular complexity index is 629. The molecule has 22 heavy (non-hydrogen) atoms. The molecule has 0 heterocycles. The van der Waals surface area contributed by atoms with Crippen molar-refractivity contribution in [1.82, 2.24) is 5.23 Å². The van der Waals surface area contributed by atoms with Gasteiger partial charge in [-0.25, -0.2) is 0 Å². The van der Waals surface area contributed by atoms with E-state index in [1.54, 1.807) is 25.1 Å². The fourth-order valence-electron chi connectivity index (χ4n) is 2.40. The third-order valence-electron chi connectivity index (χ3n) is 3.51. The minimum atomic E-state index is -1.28. The number of halogens is 1. The van der Waals surface area contributed by atoms with Crippen LogP contribution in [0.15, 0.2) is 18.2 Å². The van der Waals surface area contributed by atoms with E-state index >= 15 is 0 Å². The van der Waals surface area contributed by atoms with Gasteiger partial charge >= 0.3 is 11.9 Å². The predicted molar refractivity (Wildman–Crippen MR) is 77.9 cm³/mol. The summed E-state index contributed by atoms with van der Waals surface area (Å²) in [7, 11) is 0. The maximum atomic E-state index is 12.8. The first-order valence-corrected chi connectivity index (χ1v) is 7.12. The van der Waals surface area contributed by atoms with Crippen molar-refractivity contribution in [3.05, 3.63) is 34.3 Å². The van der Waals surface area contributed by atoms with E-state index in [1.807, 2.05) is 0 Å². The van der Waals surface area contributed by atoms with Gasteiger partial charge in [0.1, 0.15) is 0 Å². The number of Topliss-reactive ketones (excluding diaryl/α,β-unsaturated/α-hetero) is 1. The van der Waals surface area contributed by atoms with Crippen LogP contribution >= 0.6 is 11.6 Å². The lowest BCUT2D eigenvalue weighted by atomic mass is 9.78. The molecule has 0 saturated carbocycles.